The Morgan fingerprint density at radius 1 is 1.43 bits per heavy atom. The first-order chi connectivity index (χ1) is 6.74. The molecule has 0 spiro atoms. The second-order valence-electron chi connectivity index (χ2n) is 3.50. The molecule has 1 nitrogen and oxygen atoms in total. The van der Waals surface area contributed by atoms with E-state index in [9.17, 15) is 0 Å². The van der Waals surface area contributed by atoms with E-state index in [0.29, 0.717) is 0 Å². The van der Waals surface area contributed by atoms with Crippen LogP contribution < -0.4 is 5.73 Å². The van der Waals surface area contributed by atoms with Gasteiger partial charge in [0.25, 0.3) is 0 Å². The molecule has 14 heavy (non-hydrogen) atoms. The first kappa shape index (κ1) is 10.8. The number of nitrogens with two attached hydrogens (primary N) is 1. The highest BCUT2D eigenvalue weighted by Crippen LogP contribution is 2.16. The molecule has 1 heteroatoms. The van der Waals surface area contributed by atoms with Crippen molar-refractivity contribution in [1.82, 2.24) is 0 Å². The van der Waals surface area contributed by atoms with Crippen molar-refractivity contribution in [2.45, 2.75) is 25.8 Å². The van der Waals surface area contributed by atoms with Gasteiger partial charge in [-0.1, -0.05) is 36.4 Å². The number of allylic oxidation sites excluding steroid dienone is 1. The van der Waals surface area contributed by atoms with Gasteiger partial charge >= 0.3 is 0 Å². The molecule has 0 aromatic heterocycles. The lowest BCUT2D eigenvalue weighted by Gasteiger charge is -2.10. The molecule has 0 amide bonds. The fraction of sp³-hybridized carbons (Fsp3) is 0.308. The highest BCUT2D eigenvalue weighted by Gasteiger charge is 2.03. The van der Waals surface area contributed by atoms with Crippen LogP contribution in [0.1, 0.15) is 30.0 Å². The highest BCUT2D eigenvalue weighted by molar-refractivity contribution is 5.23. The smallest absolute Gasteiger partial charge is 0.0298 e. The van der Waals surface area contributed by atoms with Crippen LogP contribution in [0.25, 0.3) is 0 Å². The molecular weight excluding hydrogens is 170 g/mol. The van der Waals surface area contributed by atoms with Crippen LogP contribution in [0.2, 0.25) is 0 Å². The van der Waals surface area contributed by atoms with Crippen LogP contribution in [0.4, 0.5) is 0 Å². The van der Waals surface area contributed by atoms with E-state index in [4.69, 9.17) is 5.73 Å². The molecule has 0 aliphatic heterocycles. The maximum atomic E-state index is 6.02. The lowest BCUT2D eigenvalue weighted by molar-refractivity contribution is 0.661. The molecule has 1 unspecified atom stereocenters. The average Bonchev–Trinajstić information content (AvgIpc) is 2.19. The minimum atomic E-state index is 0.125. The number of hydrogen-bond donors (Lipinski definition) is 1. The fourth-order valence-electron chi connectivity index (χ4n) is 1.35. The van der Waals surface area contributed by atoms with Crippen LogP contribution in [-0.2, 0) is 0 Å². The van der Waals surface area contributed by atoms with Gasteiger partial charge in [-0.3, -0.25) is 0 Å². The first-order valence-electron chi connectivity index (χ1n) is 4.90. The summed E-state index contributed by atoms with van der Waals surface area (Å²) >= 11 is 0. The zero-order valence-corrected chi connectivity index (χ0v) is 8.66. The number of aryl methyl sites for hydroxylation is 1. The molecule has 0 fully saturated rings. The maximum Gasteiger partial charge on any atom is 0.0298 e. The quantitative estimate of drug-likeness (QED) is 0.720. The highest BCUT2D eigenvalue weighted by atomic mass is 14.6. The van der Waals surface area contributed by atoms with Crippen molar-refractivity contribution < 1.29 is 0 Å². The van der Waals surface area contributed by atoms with Gasteiger partial charge in [-0.05, 0) is 31.4 Å². The van der Waals surface area contributed by atoms with E-state index in [0.717, 1.165) is 12.8 Å². The SMILES string of the molecule is C=C=CCCC(N)c1ccc(C)cc1. The summed E-state index contributed by atoms with van der Waals surface area (Å²) in [5.41, 5.74) is 11.2. The van der Waals surface area contributed by atoms with E-state index in [1.54, 1.807) is 0 Å². The average molecular weight is 187 g/mol. The normalized spacial score (nSPS) is 11.9. The van der Waals surface area contributed by atoms with Gasteiger partial charge in [-0.25, -0.2) is 0 Å². The Hall–Kier alpha value is -1.30. The van der Waals surface area contributed by atoms with Crippen LogP contribution in [0, 0.1) is 6.92 Å². The van der Waals surface area contributed by atoms with E-state index < -0.39 is 0 Å². The van der Waals surface area contributed by atoms with Crippen LogP contribution in [-0.4, -0.2) is 0 Å². The zero-order chi connectivity index (χ0) is 10.4. The first-order valence-corrected chi connectivity index (χ1v) is 4.90. The van der Waals surface area contributed by atoms with Gasteiger partial charge in [0.2, 0.25) is 0 Å². The monoisotopic (exact) mass is 187 g/mol. The standard InChI is InChI=1S/C13H17N/c1-3-4-5-6-13(14)12-9-7-11(2)8-10-12/h4,7-10,13H,1,5-6,14H2,2H3. The van der Waals surface area contributed by atoms with E-state index >= 15 is 0 Å². The van der Waals surface area contributed by atoms with Crippen molar-refractivity contribution in [2.75, 3.05) is 0 Å². The summed E-state index contributed by atoms with van der Waals surface area (Å²) in [4.78, 5) is 0. The number of rotatable bonds is 4. The van der Waals surface area contributed by atoms with Crippen molar-refractivity contribution >= 4 is 0 Å². The lowest BCUT2D eigenvalue weighted by Crippen LogP contribution is -2.09. The van der Waals surface area contributed by atoms with Crippen molar-refractivity contribution in [2.24, 2.45) is 5.73 Å². The topological polar surface area (TPSA) is 26.0 Å². The molecule has 2 N–H and O–H groups in total. The van der Waals surface area contributed by atoms with Crippen molar-refractivity contribution in [3.05, 3.63) is 53.8 Å². The molecule has 74 valence electrons. The molecule has 0 saturated carbocycles. The Labute approximate surface area is 85.9 Å². The third-order valence-corrected chi connectivity index (χ3v) is 2.27. The van der Waals surface area contributed by atoms with Crippen molar-refractivity contribution in [3.8, 4) is 0 Å². The largest absolute Gasteiger partial charge is 0.324 e. The minimum absolute atomic E-state index is 0.125. The van der Waals surface area contributed by atoms with Gasteiger partial charge in [-0.2, -0.15) is 0 Å². The predicted octanol–water partition coefficient (Wildman–Crippen LogP) is 3.12. The maximum absolute atomic E-state index is 6.02. The van der Waals surface area contributed by atoms with Gasteiger partial charge < -0.3 is 5.73 Å². The van der Waals surface area contributed by atoms with Crippen LogP contribution in [0.3, 0.4) is 0 Å². The Morgan fingerprint density at radius 2 is 2.07 bits per heavy atom. The third-order valence-electron chi connectivity index (χ3n) is 2.27. The summed E-state index contributed by atoms with van der Waals surface area (Å²) in [5, 5.41) is 0. The minimum Gasteiger partial charge on any atom is -0.324 e. The van der Waals surface area contributed by atoms with E-state index in [1.165, 1.54) is 11.1 Å². The molecule has 1 rings (SSSR count). The molecule has 1 atom stereocenters. The molecule has 0 bridgehead atoms. The molecule has 0 aliphatic rings. The summed E-state index contributed by atoms with van der Waals surface area (Å²) in [5.74, 6) is 0. The fourth-order valence-corrected chi connectivity index (χ4v) is 1.35. The molecular formula is C13H17N. The van der Waals surface area contributed by atoms with Crippen LogP contribution in [0.5, 0.6) is 0 Å². The van der Waals surface area contributed by atoms with Crippen LogP contribution >= 0.6 is 0 Å². The molecule has 0 saturated heterocycles. The lowest BCUT2D eigenvalue weighted by atomic mass is 10.0. The summed E-state index contributed by atoms with van der Waals surface area (Å²) in [6, 6.07) is 8.51. The summed E-state index contributed by atoms with van der Waals surface area (Å²) in [7, 11) is 0. The Kier molecular flexibility index (Phi) is 4.18. The van der Waals surface area contributed by atoms with Gasteiger partial charge in [0.05, 0.1) is 0 Å². The zero-order valence-electron chi connectivity index (χ0n) is 8.66. The van der Waals surface area contributed by atoms with Gasteiger partial charge in [0.1, 0.15) is 0 Å². The number of benzene rings is 1. The molecule has 0 radical (unpaired) electrons. The Balaban J connectivity index is 2.55. The summed E-state index contributed by atoms with van der Waals surface area (Å²) < 4.78 is 0. The van der Waals surface area contributed by atoms with Crippen molar-refractivity contribution in [3.63, 3.8) is 0 Å². The molecule has 1 aromatic carbocycles. The molecule has 0 aliphatic carbocycles. The van der Waals surface area contributed by atoms with E-state index in [-0.39, 0.29) is 6.04 Å². The van der Waals surface area contributed by atoms with Gasteiger partial charge in [0, 0.05) is 6.04 Å². The second-order valence-corrected chi connectivity index (χ2v) is 3.50. The number of hydrogen-bond acceptors (Lipinski definition) is 1. The molecule has 0 heterocycles. The van der Waals surface area contributed by atoms with Crippen LogP contribution in [0.15, 0.2) is 42.7 Å². The van der Waals surface area contributed by atoms with E-state index in [1.807, 2.05) is 6.08 Å². The predicted molar refractivity (Wildman–Crippen MR) is 61.1 cm³/mol. The van der Waals surface area contributed by atoms with Gasteiger partial charge in [0.15, 0.2) is 0 Å². The van der Waals surface area contributed by atoms with Gasteiger partial charge in [-0.15, -0.1) is 5.73 Å². The second kappa shape index (κ2) is 5.43. The summed E-state index contributed by atoms with van der Waals surface area (Å²) in [6.45, 7) is 5.60. The van der Waals surface area contributed by atoms with Crippen molar-refractivity contribution in [1.29, 1.82) is 0 Å². The molecule has 1 aromatic rings. The Morgan fingerprint density at radius 3 is 2.64 bits per heavy atom. The van der Waals surface area contributed by atoms with E-state index in [2.05, 4.69) is 43.5 Å². The Bertz CT molecular complexity index is 318. The third kappa shape index (κ3) is 3.21. The summed E-state index contributed by atoms with van der Waals surface area (Å²) in [6.07, 6.45) is 3.82.